The summed E-state index contributed by atoms with van der Waals surface area (Å²) in [6, 6.07) is 3.48. The highest BCUT2D eigenvalue weighted by atomic mass is 35.5. The maximum atomic E-state index is 9.64. The van der Waals surface area contributed by atoms with Crippen LogP contribution in [0.3, 0.4) is 0 Å². The van der Waals surface area contributed by atoms with Gasteiger partial charge < -0.3 is 15.2 Å². The molecule has 0 fully saturated rings. The summed E-state index contributed by atoms with van der Waals surface area (Å²) in [6.07, 6.45) is 0.533. The Bertz CT molecular complexity index is 403. The lowest BCUT2D eigenvalue weighted by atomic mass is 10.1. The highest BCUT2D eigenvalue weighted by Gasteiger charge is 2.15. The Morgan fingerprint density at radius 1 is 1.33 bits per heavy atom. The van der Waals surface area contributed by atoms with Crippen LogP contribution in [0.25, 0.3) is 0 Å². The molecule has 0 bridgehead atoms. The van der Waals surface area contributed by atoms with Crippen molar-refractivity contribution in [3.05, 3.63) is 27.7 Å². The van der Waals surface area contributed by atoms with E-state index in [9.17, 15) is 5.11 Å². The molecule has 3 nitrogen and oxygen atoms in total. The first kappa shape index (κ1) is 15.6. The van der Waals surface area contributed by atoms with Crippen molar-refractivity contribution >= 4 is 23.2 Å². The molecule has 0 saturated carbocycles. The molecule has 102 valence electrons. The Hall–Kier alpha value is -0.480. The van der Waals surface area contributed by atoms with E-state index in [1.807, 2.05) is 13.1 Å². The number of ether oxygens (including phenoxy) is 1. The second-order valence-corrected chi connectivity index (χ2v) is 5.66. The van der Waals surface area contributed by atoms with Crippen molar-refractivity contribution in [2.45, 2.75) is 32.4 Å². The summed E-state index contributed by atoms with van der Waals surface area (Å²) in [5.74, 6) is 0.625. The van der Waals surface area contributed by atoms with Crippen LogP contribution >= 0.6 is 23.2 Å². The van der Waals surface area contributed by atoms with E-state index in [4.69, 9.17) is 27.9 Å². The molecule has 0 amide bonds. The van der Waals surface area contributed by atoms with Gasteiger partial charge in [0.15, 0.2) is 0 Å². The Kier molecular flexibility index (Phi) is 5.73. The Labute approximate surface area is 118 Å². The van der Waals surface area contributed by atoms with Crippen molar-refractivity contribution in [2.75, 3.05) is 13.7 Å². The van der Waals surface area contributed by atoms with Crippen LogP contribution in [0.15, 0.2) is 12.1 Å². The first-order valence-corrected chi connectivity index (χ1v) is 6.57. The van der Waals surface area contributed by atoms with Crippen LogP contribution in [0, 0.1) is 0 Å². The SMILES string of the molecule is CNCc1cc(Cl)cc(Cl)c1OCCC(C)(C)O. The van der Waals surface area contributed by atoms with Crippen LogP contribution in [0.5, 0.6) is 5.75 Å². The third-order valence-corrected chi connectivity index (χ3v) is 2.91. The van der Waals surface area contributed by atoms with Crippen molar-refractivity contribution in [3.8, 4) is 5.75 Å². The lowest BCUT2D eigenvalue weighted by Crippen LogP contribution is -2.22. The molecule has 0 aliphatic rings. The fourth-order valence-corrected chi connectivity index (χ4v) is 2.09. The van der Waals surface area contributed by atoms with Gasteiger partial charge in [-0.1, -0.05) is 23.2 Å². The standard InChI is InChI=1S/C13H19Cl2NO2/c1-13(2,17)4-5-18-12-9(8-16-3)6-10(14)7-11(12)15/h6-7,16-17H,4-5,8H2,1-3H3. The Balaban J connectivity index is 2.80. The predicted octanol–water partition coefficient (Wildman–Crippen LogP) is 3.25. The van der Waals surface area contributed by atoms with Gasteiger partial charge >= 0.3 is 0 Å². The molecule has 1 aromatic rings. The lowest BCUT2D eigenvalue weighted by molar-refractivity contribution is 0.0552. The van der Waals surface area contributed by atoms with E-state index in [1.165, 1.54) is 0 Å². The van der Waals surface area contributed by atoms with Gasteiger partial charge in [0, 0.05) is 23.6 Å². The van der Waals surface area contributed by atoms with E-state index in [-0.39, 0.29) is 0 Å². The van der Waals surface area contributed by atoms with Crippen LogP contribution in [0.2, 0.25) is 10.0 Å². The predicted molar refractivity (Wildman–Crippen MR) is 75.6 cm³/mol. The zero-order valence-corrected chi connectivity index (χ0v) is 12.4. The monoisotopic (exact) mass is 291 g/mol. The quantitative estimate of drug-likeness (QED) is 0.845. The van der Waals surface area contributed by atoms with Gasteiger partial charge in [0.25, 0.3) is 0 Å². The molecule has 1 rings (SSSR count). The van der Waals surface area contributed by atoms with E-state index in [2.05, 4.69) is 5.32 Å². The Morgan fingerprint density at radius 3 is 2.56 bits per heavy atom. The van der Waals surface area contributed by atoms with E-state index >= 15 is 0 Å². The highest BCUT2D eigenvalue weighted by Crippen LogP contribution is 2.32. The average molecular weight is 292 g/mol. The number of rotatable bonds is 6. The highest BCUT2D eigenvalue weighted by molar-refractivity contribution is 6.35. The van der Waals surface area contributed by atoms with Crippen molar-refractivity contribution in [1.82, 2.24) is 5.32 Å². The van der Waals surface area contributed by atoms with Gasteiger partial charge in [-0.05, 0) is 33.0 Å². The van der Waals surface area contributed by atoms with Gasteiger partial charge in [-0.25, -0.2) is 0 Å². The third-order valence-electron chi connectivity index (χ3n) is 2.41. The molecular weight excluding hydrogens is 273 g/mol. The molecule has 18 heavy (non-hydrogen) atoms. The van der Waals surface area contributed by atoms with Crippen LogP contribution in [-0.2, 0) is 6.54 Å². The fraction of sp³-hybridized carbons (Fsp3) is 0.538. The summed E-state index contributed by atoms with van der Waals surface area (Å²) in [7, 11) is 1.84. The third kappa shape index (κ3) is 5.02. The molecule has 0 aliphatic carbocycles. The number of hydrogen-bond acceptors (Lipinski definition) is 3. The smallest absolute Gasteiger partial charge is 0.142 e. The normalized spacial score (nSPS) is 11.7. The first-order valence-electron chi connectivity index (χ1n) is 5.81. The maximum absolute atomic E-state index is 9.64. The number of aliphatic hydroxyl groups is 1. The molecule has 0 atom stereocenters. The van der Waals surface area contributed by atoms with Crippen LogP contribution < -0.4 is 10.1 Å². The van der Waals surface area contributed by atoms with Crippen LogP contribution in [0.4, 0.5) is 0 Å². The number of nitrogens with one attached hydrogen (secondary N) is 1. The summed E-state index contributed by atoms with van der Waals surface area (Å²) in [4.78, 5) is 0. The zero-order chi connectivity index (χ0) is 13.8. The minimum absolute atomic E-state index is 0.404. The zero-order valence-electron chi connectivity index (χ0n) is 10.9. The van der Waals surface area contributed by atoms with Crippen LogP contribution in [0.1, 0.15) is 25.8 Å². The summed E-state index contributed by atoms with van der Waals surface area (Å²) >= 11 is 12.1. The van der Waals surface area contributed by atoms with Gasteiger partial charge in [-0.3, -0.25) is 0 Å². The molecule has 1 aromatic carbocycles. The molecule has 0 saturated heterocycles. The summed E-state index contributed by atoms with van der Waals surface area (Å²) in [6.45, 7) is 4.52. The fourth-order valence-electron chi connectivity index (χ4n) is 1.50. The van der Waals surface area contributed by atoms with Crippen LogP contribution in [-0.4, -0.2) is 24.4 Å². The molecule has 2 N–H and O–H groups in total. The average Bonchev–Trinajstić information content (AvgIpc) is 2.20. The van der Waals surface area contributed by atoms with Crippen molar-refractivity contribution in [1.29, 1.82) is 0 Å². The van der Waals surface area contributed by atoms with E-state index in [0.29, 0.717) is 35.4 Å². The van der Waals surface area contributed by atoms with Gasteiger partial charge in [-0.15, -0.1) is 0 Å². The minimum atomic E-state index is -0.748. The van der Waals surface area contributed by atoms with Gasteiger partial charge in [0.2, 0.25) is 0 Å². The maximum Gasteiger partial charge on any atom is 0.142 e. The van der Waals surface area contributed by atoms with E-state index < -0.39 is 5.60 Å². The number of halogens is 2. The lowest BCUT2D eigenvalue weighted by Gasteiger charge is -2.19. The first-order chi connectivity index (χ1) is 8.33. The topological polar surface area (TPSA) is 41.5 Å². The largest absolute Gasteiger partial charge is 0.492 e. The molecule has 0 spiro atoms. The molecular formula is C13H19Cl2NO2. The molecule has 5 heteroatoms. The molecule has 0 unspecified atom stereocenters. The molecule has 0 aliphatic heterocycles. The van der Waals surface area contributed by atoms with Gasteiger partial charge in [-0.2, -0.15) is 0 Å². The van der Waals surface area contributed by atoms with E-state index in [0.717, 1.165) is 5.56 Å². The van der Waals surface area contributed by atoms with Gasteiger partial charge in [0.1, 0.15) is 5.75 Å². The Morgan fingerprint density at radius 2 is 2.00 bits per heavy atom. The molecule has 0 heterocycles. The number of hydrogen-bond donors (Lipinski definition) is 2. The van der Waals surface area contributed by atoms with Crippen molar-refractivity contribution in [3.63, 3.8) is 0 Å². The van der Waals surface area contributed by atoms with Gasteiger partial charge in [0.05, 0.1) is 17.2 Å². The molecule has 0 aromatic heterocycles. The second kappa shape index (κ2) is 6.62. The van der Waals surface area contributed by atoms with E-state index in [1.54, 1.807) is 19.9 Å². The van der Waals surface area contributed by atoms with Crippen molar-refractivity contribution in [2.24, 2.45) is 0 Å². The van der Waals surface area contributed by atoms with Crippen molar-refractivity contribution < 1.29 is 9.84 Å². The second-order valence-electron chi connectivity index (χ2n) is 4.82. The minimum Gasteiger partial charge on any atom is -0.492 e. The number of benzene rings is 1. The summed E-state index contributed by atoms with van der Waals surface area (Å²) < 4.78 is 5.66. The summed E-state index contributed by atoms with van der Waals surface area (Å²) in [5.41, 5.74) is 0.160. The molecule has 0 radical (unpaired) electrons. The summed E-state index contributed by atoms with van der Waals surface area (Å²) in [5, 5.41) is 13.7.